The summed E-state index contributed by atoms with van der Waals surface area (Å²) in [5, 5.41) is 8.65. The molecule has 4 heterocycles. The maximum Gasteiger partial charge on any atom is 0.199 e. The highest BCUT2D eigenvalue weighted by atomic mass is 16.3. The fourth-order valence-corrected chi connectivity index (χ4v) is 6.41. The van der Waals surface area contributed by atoms with Crippen LogP contribution in [-0.4, -0.2) is 76.3 Å². The summed E-state index contributed by atoms with van der Waals surface area (Å²) in [6.45, 7) is 5.17. The minimum Gasteiger partial charge on any atom is -0.440 e. The summed E-state index contributed by atoms with van der Waals surface area (Å²) in [4.78, 5) is 14.3. The SMILES string of the molecule is CN1CCN(C2CCC(n3nc(-c4ccc5nc(Cc6ccccc6)oc5c4)c4c3NCN=C4N)CC2)CC1. The van der Waals surface area contributed by atoms with Crippen LogP contribution >= 0.6 is 0 Å². The Balaban J connectivity index is 1.16. The zero-order chi connectivity index (χ0) is 26.3. The maximum atomic E-state index is 6.47. The number of fused-ring (bicyclic) bond motifs is 2. The molecule has 4 aromatic rings. The number of aromatic nitrogens is 3. The maximum absolute atomic E-state index is 6.47. The number of benzene rings is 2. The van der Waals surface area contributed by atoms with Crippen LogP contribution in [0, 0.1) is 0 Å². The van der Waals surface area contributed by atoms with Crippen LogP contribution in [0.4, 0.5) is 5.82 Å². The zero-order valence-corrected chi connectivity index (χ0v) is 22.5. The molecule has 0 unspecified atom stereocenters. The number of hydrogen-bond donors (Lipinski definition) is 2. The quantitative estimate of drug-likeness (QED) is 0.405. The third-order valence-corrected chi connectivity index (χ3v) is 8.63. The lowest BCUT2D eigenvalue weighted by Crippen LogP contribution is -2.50. The lowest BCUT2D eigenvalue weighted by atomic mass is 9.90. The van der Waals surface area contributed by atoms with Crippen LogP contribution in [0.15, 0.2) is 57.9 Å². The first kappa shape index (κ1) is 24.4. The number of piperazine rings is 1. The van der Waals surface area contributed by atoms with Crippen LogP contribution in [-0.2, 0) is 6.42 Å². The molecule has 2 fully saturated rings. The van der Waals surface area contributed by atoms with Crippen molar-refractivity contribution in [3.05, 3.63) is 65.5 Å². The molecule has 9 nitrogen and oxygen atoms in total. The van der Waals surface area contributed by atoms with Crippen molar-refractivity contribution in [1.82, 2.24) is 24.6 Å². The molecular formula is C30H36N8O. The lowest BCUT2D eigenvalue weighted by molar-refractivity contribution is 0.0813. The Bertz CT molecular complexity index is 1490. The average molecular weight is 525 g/mol. The fraction of sp³-hybridized carbons (Fsp3) is 0.433. The number of likely N-dealkylation sites (N-methyl/N-ethyl adjacent to an activating group) is 1. The molecule has 1 saturated heterocycles. The van der Waals surface area contributed by atoms with Gasteiger partial charge in [-0.2, -0.15) is 5.10 Å². The van der Waals surface area contributed by atoms with E-state index in [1.165, 1.54) is 44.6 Å². The summed E-state index contributed by atoms with van der Waals surface area (Å²) in [6, 6.07) is 17.4. The summed E-state index contributed by atoms with van der Waals surface area (Å²) >= 11 is 0. The Kier molecular flexibility index (Phi) is 6.33. The van der Waals surface area contributed by atoms with Gasteiger partial charge in [-0.1, -0.05) is 36.4 Å². The highest BCUT2D eigenvalue weighted by molar-refractivity contribution is 6.08. The summed E-state index contributed by atoms with van der Waals surface area (Å²) in [6.07, 6.45) is 5.31. The van der Waals surface area contributed by atoms with Gasteiger partial charge in [0, 0.05) is 44.2 Å². The summed E-state index contributed by atoms with van der Waals surface area (Å²) in [7, 11) is 2.22. The summed E-state index contributed by atoms with van der Waals surface area (Å²) in [5.74, 6) is 2.24. The van der Waals surface area contributed by atoms with Crippen molar-refractivity contribution >= 4 is 22.8 Å². The van der Waals surface area contributed by atoms with Gasteiger partial charge < -0.3 is 20.4 Å². The van der Waals surface area contributed by atoms with Gasteiger partial charge in [-0.25, -0.2) is 14.7 Å². The number of nitrogens with two attached hydrogens (primary N) is 1. The molecule has 202 valence electrons. The topological polar surface area (TPSA) is 101 Å². The minimum absolute atomic E-state index is 0.348. The summed E-state index contributed by atoms with van der Waals surface area (Å²) in [5.41, 5.74) is 12.0. The molecule has 0 bridgehead atoms. The molecule has 9 heteroatoms. The molecule has 39 heavy (non-hydrogen) atoms. The number of oxazole rings is 1. The van der Waals surface area contributed by atoms with Gasteiger partial charge in [-0.15, -0.1) is 0 Å². The Labute approximate surface area is 228 Å². The number of aliphatic imine (C=N–C) groups is 1. The molecule has 0 amide bonds. The molecule has 2 aromatic heterocycles. The second-order valence-electron chi connectivity index (χ2n) is 11.1. The monoisotopic (exact) mass is 524 g/mol. The minimum atomic E-state index is 0.348. The number of nitrogens with zero attached hydrogens (tertiary/aromatic N) is 6. The van der Waals surface area contributed by atoms with Gasteiger partial charge in [0.15, 0.2) is 11.5 Å². The number of amidine groups is 1. The normalized spacial score (nSPS) is 22.4. The van der Waals surface area contributed by atoms with E-state index in [2.05, 4.69) is 50.0 Å². The Morgan fingerprint density at radius 1 is 0.974 bits per heavy atom. The molecule has 0 spiro atoms. The zero-order valence-electron chi connectivity index (χ0n) is 22.5. The molecular weight excluding hydrogens is 488 g/mol. The van der Waals surface area contributed by atoms with Crippen LogP contribution in [0.2, 0.25) is 0 Å². The van der Waals surface area contributed by atoms with Crippen molar-refractivity contribution < 1.29 is 4.42 Å². The lowest BCUT2D eigenvalue weighted by Gasteiger charge is -2.41. The van der Waals surface area contributed by atoms with Gasteiger partial charge >= 0.3 is 0 Å². The molecule has 3 aliphatic rings. The number of hydrogen-bond acceptors (Lipinski definition) is 8. The van der Waals surface area contributed by atoms with Gasteiger partial charge in [-0.05, 0) is 50.4 Å². The van der Waals surface area contributed by atoms with Crippen LogP contribution in [0.25, 0.3) is 22.4 Å². The first-order valence-electron chi connectivity index (χ1n) is 14.2. The molecule has 0 atom stereocenters. The highest BCUT2D eigenvalue weighted by Gasteiger charge is 2.32. The van der Waals surface area contributed by atoms with Gasteiger partial charge in [0.25, 0.3) is 0 Å². The number of rotatable bonds is 5. The third-order valence-electron chi connectivity index (χ3n) is 8.63. The van der Waals surface area contributed by atoms with E-state index in [0.29, 0.717) is 36.9 Å². The molecule has 3 N–H and O–H groups in total. The third kappa shape index (κ3) is 4.70. The average Bonchev–Trinajstić information content (AvgIpc) is 3.56. The van der Waals surface area contributed by atoms with Gasteiger partial charge in [-0.3, -0.25) is 4.90 Å². The van der Waals surface area contributed by atoms with Gasteiger partial charge in [0.2, 0.25) is 0 Å². The second kappa shape index (κ2) is 10.1. The van der Waals surface area contributed by atoms with Crippen molar-refractivity contribution in [3.8, 4) is 11.3 Å². The predicted molar refractivity (Wildman–Crippen MR) is 154 cm³/mol. The smallest absolute Gasteiger partial charge is 0.199 e. The van der Waals surface area contributed by atoms with E-state index in [0.717, 1.165) is 46.6 Å². The molecule has 2 aliphatic heterocycles. The fourth-order valence-electron chi connectivity index (χ4n) is 6.41. The molecule has 2 aromatic carbocycles. The summed E-state index contributed by atoms with van der Waals surface area (Å²) < 4.78 is 8.37. The van der Waals surface area contributed by atoms with Crippen LogP contribution in [0.5, 0.6) is 0 Å². The van der Waals surface area contributed by atoms with Crippen LogP contribution in [0.3, 0.4) is 0 Å². The number of anilines is 1. The molecule has 1 aliphatic carbocycles. The largest absolute Gasteiger partial charge is 0.440 e. The van der Waals surface area contributed by atoms with E-state index >= 15 is 0 Å². The van der Waals surface area contributed by atoms with Crippen molar-refractivity contribution in [2.45, 2.75) is 44.2 Å². The van der Waals surface area contributed by atoms with Crippen molar-refractivity contribution in [3.63, 3.8) is 0 Å². The molecule has 0 radical (unpaired) electrons. The van der Waals surface area contributed by atoms with Crippen molar-refractivity contribution in [1.29, 1.82) is 0 Å². The number of nitrogens with one attached hydrogen (secondary N) is 1. The Hall–Kier alpha value is -3.69. The second-order valence-corrected chi connectivity index (χ2v) is 11.1. The van der Waals surface area contributed by atoms with E-state index in [4.69, 9.17) is 20.2 Å². The van der Waals surface area contributed by atoms with Crippen molar-refractivity contribution in [2.75, 3.05) is 45.2 Å². The van der Waals surface area contributed by atoms with Gasteiger partial charge in [0.05, 0.1) is 11.6 Å². The highest BCUT2D eigenvalue weighted by Crippen LogP contribution is 2.39. The molecule has 7 rings (SSSR count). The van der Waals surface area contributed by atoms with E-state index in [9.17, 15) is 0 Å². The van der Waals surface area contributed by atoms with Crippen LogP contribution < -0.4 is 11.1 Å². The first-order valence-corrected chi connectivity index (χ1v) is 14.2. The van der Waals surface area contributed by atoms with E-state index in [1.54, 1.807) is 0 Å². The van der Waals surface area contributed by atoms with Crippen LogP contribution in [0.1, 0.15) is 48.7 Å². The van der Waals surface area contributed by atoms with Gasteiger partial charge in [0.1, 0.15) is 29.5 Å². The molecule has 1 saturated carbocycles. The van der Waals surface area contributed by atoms with Crippen molar-refractivity contribution in [2.24, 2.45) is 10.7 Å². The van der Waals surface area contributed by atoms with E-state index in [1.807, 2.05) is 30.3 Å². The van der Waals surface area contributed by atoms with E-state index < -0.39 is 0 Å². The Morgan fingerprint density at radius 3 is 2.54 bits per heavy atom. The Morgan fingerprint density at radius 2 is 1.74 bits per heavy atom. The first-order chi connectivity index (χ1) is 19.1. The predicted octanol–water partition coefficient (Wildman–Crippen LogP) is 4.10. The van der Waals surface area contributed by atoms with E-state index in [-0.39, 0.29) is 0 Å². The standard InChI is InChI=1S/C30H36N8O/c1-36-13-15-37(16-14-36)22-8-10-23(11-9-22)38-30-27(29(31)32-19-33-30)28(35-38)21-7-12-24-25(18-21)39-26(34-24)17-20-5-3-2-4-6-20/h2-7,12,18,22-23,33H,8-11,13-17,19H2,1H3,(H2,31,32).